The molecule has 0 aromatic heterocycles. The lowest BCUT2D eigenvalue weighted by Crippen LogP contribution is -2.33. The van der Waals surface area contributed by atoms with E-state index in [0.717, 1.165) is 35.9 Å². The number of carbonyl (C=O) groups excluding carboxylic acids is 1. The lowest BCUT2D eigenvalue weighted by molar-refractivity contribution is -0.118. The maximum Gasteiger partial charge on any atom is 0.262 e. The Morgan fingerprint density at radius 1 is 1.16 bits per heavy atom. The summed E-state index contributed by atoms with van der Waals surface area (Å²) in [5, 5.41) is 3.00. The first-order valence-corrected chi connectivity index (χ1v) is 8.95. The standard InChI is InChI=1S/C21H26N2O2/c1-16-10-12-23(13-11-16)20-9-4-3-8-19(20)22-21(24)15-25-18-7-5-6-17(2)14-18/h3-9,14,16H,10-13,15H2,1-2H3,(H,22,24). The van der Waals surface area contributed by atoms with E-state index in [1.54, 1.807) is 0 Å². The molecule has 4 heteroatoms. The number of carbonyl (C=O) groups is 1. The van der Waals surface area contributed by atoms with Crippen molar-refractivity contribution in [2.45, 2.75) is 26.7 Å². The molecule has 132 valence electrons. The molecule has 1 fully saturated rings. The Labute approximate surface area is 149 Å². The van der Waals surface area contributed by atoms with Crippen LogP contribution in [0.1, 0.15) is 25.3 Å². The van der Waals surface area contributed by atoms with Gasteiger partial charge >= 0.3 is 0 Å². The molecule has 0 unspecified atom stereocenters. The number of nitrogens with one attached hydrogen (secondary N) is 1. The van der Waals surface area contributed by atoms with Crippen LogP contribution in [0.5, 0.6) is 5.75 Å². The number of nitrogens with zero attached hydrogens (tertiary/aromatic N) is 1. The normalized spacial score (nSPS) is 15.0. The monoisotopic (exact) mass is 338 g/mol. The zero-order chi connectivity index (χ0) is 17.6. The summed E-state index contributed by atoms with van der Waals surface area (Å²) < 4.78 is 5.59. The van der Waals surface area contributed by atoms with Gasteiger partial charge in [0.25, 0.3) is 5.91 Å². The van der Waals surface area contributed by atoms with Crippen molar-refractivity contribution >= 4 is 17.3 Å². The van der Waals surface area contributed by atoms with Crippen LogP contribution in [0, 0.1) is 12.8 Å². The molecule has 2 aromatic rings. The quantitative estimate of drug-likeness (QED) is 0.886. The number of piperidine rings is 1. The molecule has 4 nitrogen and oxygen atoms in total. The fourth-order valence-electron chi connectivity index (χ4n) is 3.14. The molecule has 0 atom stereocenters. The van der Waals surface area contributed by atoms with Gasteiger partial charge in [0.05, 0.1) is 11.4 Å². The Bertz CT molecular complexity index is 721. The molecule has 1 amide bonds. The predicted molar refractivity (Wildman–Crippen MR) is 102 cm³/mol. The average molecular weight is 338 g/mol. The molecule has 1 aliphatic heterocycles. The highest BCUT2D eigenvalue weighted by Crippen LogP contribution is 2.29. The highest BCUT2D eigenvalue weighted by atomic mass is 16.5. The fourth-order valence-corrected chi connectivity index (χ4v) is 3.14. The summed E-state index contributed by atoms with van der Waals surface area (Å²) in [4.78, 5) is 14.7. The van der Waals surface area contributed by atoms with Crippen molar-refractivity contribution in [2.24, 2.45) is 5.92 Å². The van der Waals surface area contributed by atoms with Crippen LogP contribution in [0.4, 0.5) is 11.4 Å². The number of hydrogen-bond donors (Lipinski definition) is 1. The van der Waals surface area contributed by atoms with Crippen molar-refractivity contribution in [1.29, 1.82) is 0 Å². The summed E-state index contributed by atoms with van der Waals surface area (Å²) in [7, 11) is 0. The van der Waals surface area contributed by atoms with Gasteiger partial charge < -0.3 is 15.0 Å². The lowest BCUT2D eigenvalue weighted by atomic mass is 9.98. The Morgan fingerprint density at radius 3 is 2.68 bits per heavy atom. The molecule has 1 heterocycles. The minimum atomic E-state index is -0.140. The molecular formula is C21H26N2O2. The van der Waals surface area contributed by atoms with Crippen molar-refractivity contribution in [2.75, 3.05) is 29.9 Å². The molecule has 1 aliphatic rings. The molecule has 0 spiro atoms. The molecule has 1 saturated heterocycles. The van der Waals surface area contributed by atoms with Crippen molar-refractivity contribution in [3.8, 4) is 5.75 Å². The summed E-state index contributed by atoms with van der Waals surface area (Å²) in [6.45, 7) is 6.38. The first-order chi connectivity index (χ1) is 12.1. The van der Waals surface area contributed by atoms with Gasteiger partial charge in [-0.15, -0.1) is 0 Å². The van der Waals surface area contributed by atoms with Gasteiger partial charge in [0.2, 0.25) is 0 Å². The van der Waals surface area contributed by atoms with Crippen LogP contribution in [0.15, 0.2) is 48.5 Å². The number of benzene rings is 2. The van der Waals surface area contributed by atoms with Crippen LogP contribution in [-0.2, 0) is 4.79 Å². The molecule has 0 saturated carbocycles. The maximum absolute atomic E-state index is 12.3. The second-order valence-corrected chi connectivity index (χ2v) is 6.84. The van der Waals surface area contributed by atoms with Gasteiger partial charge in [0, 0.05) is 13.1 Å². The number of ether oxygens (including phenoxy) is 1. The molecule has 0 aliphatic carbocycles. The van der Waals surface area contributed by atoms with E-state index in [9.17, 15) is 4.79 Å². The fraction of sp³-hybridized carbons (Fsp3) is 0.381. The zero-order valence-electron chi connectivity index (χ0n) is 15.0. The van der Waals surface area contributed by atoms with Crippen molar-refractivity contribution in [3.05, 3.63) is 54.1 Å². The van der Waals surface area contributed by atoms with Crippen molar-refractivity contribution in [3.63, 3.8) is 0 Å². The first-order valence-electron chi connectivity index (χ1n) is 8.95. The Kier molecular flexibility index (Phi) is 5.59. The van der Waals surface area contributed by atoms with E-state index >= 15 is 0 Å². The van der Waals surface area contributed by atoms with E-state index in [0.29, 0.717) is 5.75 Å². The highest BCUT2D eigenvalue weighted by Gasteiger charge is 2.18. The minimum absolute atomic E-state index is 0.00875. The van der Waals surface area contributed by atoms with Gasteiger partial charge in [-0.05, 0) is 55.5 Å². The van der Waals surface area contributed by atoms with E-state index in [-0.39, 0.29) is 12.5 Å². The van der Waals surface area contributed by atoms with Gasteiger partial charge in [-0.3, -0.25) is 4.79 Å². The molecule has 3 rings (SSSR count). The van der Waals surface area contributed by atoms with Gasteiger partial charge in [-0.1, -0.05) is 31.2 Å². The largest absolute Gasteiger partial charge is 0.484 e. The van der Waals surface area contributed by atoms with Crippen LogP contribution in [0.3, 0.4) is 0 Å². The third-order valence-electron chi connectivity index (χ3n) is 4.66. The smallest absolute Gasteiger partial charge is 0.262 e. The predicted octanol–water partition coefficient (Wildman–Crippen LogP) is 4.25. The molecule has 1 N–H and O–H groups in total. The second kappa shape index (κ2) is 8.06. The topological polar surface area (TPSA) is 41.6 Å². The van der Waals surface area contributed by atoms with Gasteiger partial charge in [-0.2, -0.15) is 0 Å². The number of amides is 1. The molecule has 0 bridgehead atoms. The van der Waals surface area contributed by atoms with Crippen LogP contribution >= 0.6 is 0 Å². The third kappa shape index (κ3) is 4.75. The molecular weight excluding hydrogens is 312 g/mol. The Balaban J connectivity index is 1.61. The Morgan fingerprint density at radius 2 is 1.92 bits per heavy atom. The van der Waals surface area contributed by atoms with E-state index in [1.807, 2.05) is 49.4 Å². The van der Waals surface area contributed by atoms with Crippen molar-refractivity contribution in [1.82, 2.24) is 0 Å². The number of anilines is 2. The van der Waals surface area contributed by atoms with Crippen LogP contribution < -0.4 is 15.0 Å². The lowest BCUT2D eigenvalue weighted by Gasteiger charge is -2.33. The average Bonchev–Trinajstić information content (AvgIpc) is 2.61. The van der Waals surface area contributed by atoms with E-state index in [1.165, 1.54) is 12.8 Å². The van der Waals surface area contributed by atoms with Crippen LogP contribution in [-0.4, -0.2) is 25.6 Å². The minimum Gasteiger partial charge on any atom is -0.484 e. The third-order valence-corrected chi connectivity index (χ3v) is 4.66. The van der Waals surface area contributed by atoms with E-state index < -0.39 is 0 Å². The second-order valence-electron chi connectivity index (χ2n) is 6.84. The molecule has 25 heavy (non-hydrogen) atoms. The van der Waals surface area contributed by atoms with E-state index in [2.05, 4.69) is 23.2 Å². The summed E-state index contributed by atoms with van der Waals surface area (Å²) in [5.41, 5.74) is 3.07. The first kappa shape index (κ1) is 17.3. The number of para-hydroxylation sites is 2. The highest BCUT2D eigenvalue weighted by molar-refractivity contribution is 5.95. The van der Waals surface area contributed by atoms with E-state index in [4.69, 9.17) is 4.74 Å². The Hall–Kier alpha value is -2.49. The number of rotatable bonds is 5. The van der Waals surface area contributed by atoms with Gasteiger partial charge in [-0.25, -0.2) is 0 Å². The SMILES string of the molecule is Cc1cccc(OCC(=O)Nc2ccccc2N2CCC(C)CC2)c1. The van der Waals surface area contributed by atoms with Gasteiger partial charge in [0.15, 0.2) is 6.61 Å². The maximum atomic E-state index is 12.3. The number of aryl methyl sites for hydroxylation is 1. The zero-order valence-corrected chi connectivity index (χ0v) is 15.0. The number of hydrogen-bond acceptors (Lipinski definition) is 3. The summed E-state index contributed by atoms with van der Waals surface area (Å²) in [6.07, 6.45) is 2.39. The molecule has 2 aromatic carbocycles. The van der Waals surface area contributed by atoms with Gasteiger partial charge in [0.1, 0.15) is 5.75 Å². The summed E-state index contributed by atoms with van der Waals surface area (Å²) in [6, 6.07) is 15.7. The van der Waals surface area contributed by atoms with Crippen LogP contribution in [0.2, 0.25) is 0 Å². The summed E-state index contributed by atoms with van der Waals surface area (Å²) >= 11 is 0. The van der Waals surface area contributed by atoms with Crippen molar-refractivity contribution < 1.29 is 9.53 Å². The van der Waals surface area contributed by atoms with Crippen LogP contribution in [0.25, 0.3) is 0 Å². The molecule has 0 radical (unpaired) electrons. The summed E-state index contributed by atoms with van der Waals surface area (Å²) in [5.74, 6) is 1.36.